The fourth-order valence-electron chi connectivity index (χ4n) is 10.1. The lowest BCUT2D eigenvalue weighted by molar-refractivity contribution is -0.155. The Morgan fingerprint density at radius 2 is 1.32 bits per heavy atom. The van der Waals surface area contributed by atoms with E-state index in [-0.39, 0.29) is 28.5 Å². The van der Waals surface area contributed by atoms with Gasteiger partial charge in [0.15, 0.2) is 8.32 Å². The molecule has 2 aliphatic heterocycles. The number of benzene rings is 3. The zero-order valence-corrected chi connectivity index (χ0v) is 45.7. The van der Waals surface area contributed by atoms with Crippen LogP contribution in [0, 0.1) is 23.3 Å². The monoisotopic (exact) mass is 934 g/mol. The molecule has 6 rings (SSSR count). The summed E-state index contributed by atoms with van der Waals surface area (Å²) in [7, 11) is -6.92. The fraction of sp³-hybridized carbons (Fsp3) is 0.545. The molecule has 7 nitrogen and oxygen atoms in total. The van der Waals surface area contributed by atoms with Gasteiger partial charge in [-0.1, -0.05) is 169 Å². The minimum absolute atomic E-state index is 0.0342. The molecule has 1 amide bonds. The number of nitrogens with zero attached hydrogens (tertiary/aromatic N) is 1. The molecule has 352 valence electrons. The topological polar surface area (TPSA) is 66.5 Å². The third-order valence-corrected chi connectivity index (χ3v) is 31.0. The molecule has 0 N–H and O–H groups in total. The van der Waals surface area contributed by atoms with Crippen LogP contribution in [0.1, 0.15) is 107 Å². The molecule has 1 saturated heterocycles. The molecular formula is C55H79NO6Si3. The summed E-state index contributed by atoms with van der Waals surface area (Å²) in [5.74, 6) is 2.98. The SMILES string of the molecule is C=CCOC(=O)N1c2ccc(O[Si](C)(C)C(C)(C)C)cc2C2=C([C@@H](C)[C@@H]3OC(c4ccccc4)(c4ccccc4)O[C@@H]3[C@H]2CO[Si](C)(C)C(C)(C)C)[C@@H]1C#C[Si](C(C)C)(C(C)C)C(C)C. The summed E-state index contributed by atoms with van der Waals surface area (Å²) in [6.07, 6.45) is 0.316. The maximum Gasteiger partial charge on any atom is 0.415 e. The lowest BCUT2D eigenvalue weighted by Gasteiger charge is -2.48. The summed E-state index contributed by atoms with van der Waals surface area (Å²) in [5, 5.41) is -0.0726. The minimum atomic E-state index is -2.32. The molecule has 3 aromatic rings. The third-order valence-electron chi connectivity index (χ3n) is 15.8. The number of amides is 1. The zero-order valence-electron chi connectivity index (χ0n) is 42.7. The lowest BCUT2D eigenvalue weighted by atomic mass is 9.67. The van der Waals surface area contributed by atoms with E-state index < -0.39 is 54.8 Å². The number of anilines is 1. The largest absolute Gasteiger partial charge is 0.543 e. The Morgan fingerprint density at radius 1 is 0.800 bits per heavy atom. The van der Waals surface area contributed by atoms with Crippen LogP contribution in [-0.4, -0.2) is 62.3 Å². The van der Waals surface area contributed by atoms with E-state index in [0.717, 1.165) is 39.3 Å². The normalized spacial score (nSPS) is 22.3. The van der Waals surface area contributed by atoms with Crippen molar-refractivity contribution in [1.82, 2.24) is 0 Å². The second-order valence-corrected chi connectivity index (χ2v) is 37.8. The van der Waals surface area contributed by atoms with Crippen LogP contribution in [0.5, 0.6) is 5.75 Å². The van der Waals surface area contributed by atoms with E-state index in [1.807, 2.05) is 47.4 Å². The van der Waals surface area contributed by atoms with Crippen LogP contribution in [0.15, 0.2) is 97.1 Å². The molecular weight excluding hydrogens is 855 g/mol. The molecule has 1 fully saturated rings. The van der Waals surface area contributed by atoms with Crippen LogP contribution in [0.4, 0.5) is 10.5 Å². The van der Waals surface area contributed by atoms with Gasteiger partial charge < -0.3 is 23.1 Å². The minimum Gasteiger partial charge on any atom is -0.543 e. The molecule has 65 heavy (non-hydrogen) atoms. The van der Waals surface area contributed by atoms with Gasteiger partial charge in [0.05, 0.1) is 17.9 Å². The van der Waals surface area contributed by atoms with Gasteiger partial charge in [-0.3, -0.25) is 4.90 Å². The molecule has 3 aliphatic rings. The maximum atomic E-state index is 14.9. The van der Waals surface area contributed by atoms with Crippen molar-refractivity contribution < 1.29 is 27.9 Å². The average molecular weight is 934 g/mol. The van der Waals surface area contributed by atoms with Gasteiger partial charge in [0.1, 0.15) is 26.5 Å². The van der Waals surface area contributed by atoms with E-state index in [2.05, 4.69) is 171 Å². The van der Waals surface area contributed by atoms with Crippen LogP contribution in [-0.2, 0) is 24.4 Å². The molecule has 3 aromatic carbocycles. The highest BCUT2D eigenvalue weighted by molar-refractivity contribution is 6.90. The number of ether oxygens (including phenoxy) is 3. The van der Waals surface area contributed by atoms with E-state index in [1.165, 1.54) is 0 Å². The Kier molecular flexibility index (Phi) is 14.6. The first-order valence-electron chi connectivity index (χ1n) is 24.0. The van der Waals surface area contributed by atoms with Crippen LogP contribution >= 0.6 is 0 Å². The molecule has 5 atom stereocenters. The molecule has 0 aromatic heterocycles. The van der Waals surface area contributed by atoms with Crippen molar-refractivity contribution in [2.24, 2.45) is 11.8 Å². The van der Waals surface area contributed by atoms with Crippen molar-refractivity contribution in [3.8, 4) is 17.2 Å². The van der Waals surface area contributed by atoms with Crippen LogP contribution in [0.3, 0.4) is 0 Å². The number of hydrogen-bond acceptors (Lipinski definition) is 6. The zero-order chi connectivity index (χ0) is 48.1. The predicted molar refractivity (Wildman–Crippen MR) is 277 cm³/mol. The van der Waals surface area contributed by atoms with E-state index in [4.69, 9.17) is 23.1 Å². The summed E-state index contributed by atoms with van der Waals surface area (Å²) in [4.78, 5) is 16.7. The van der Waals surface area contributed by atoms with Gasteiger partial charge in [0.25, 0.3) is 0 Å². The summed E-state index contributed by atoms with van der Waals surface area (Å²) >= 11 is 0. The van der Waals surface area contributed by atoms with Gasteiger partial charge in [-0.05, 0) is 82.2 Å². The van der Waals surface area contributed by atoms with E-state index in [1.54, 1.807) is 6.08 Å². The molecule has 2 heterocycles. The smallest absolute Gasteiger partial charge is 0.415 e. The highest BCUT2D eigenvalue weighted by atomic mass is 28.4. The Bertz CT molecular complexity index is 2220. The molecule has 0 saturated carbocycles. The van der Waals surface area contributed by atoms with Crippen LogP contribution in [0.2, 0.25) is 52.9 Å². The number of rotatable bonds is 12. The highest BCUT2D eigenvalue weighted by Gasteiger charge is 2.60. The quantitative estimate of drug-likeness (QED) is 0.102. The van der Waals surface area contributed by atoms with Gasteiger partial charge in [-0.25, -0.2) is 4.79 Å². The number of carbonyl (C=O) groups is 1. The van der Waals surface area contributed by atoms with Crippen molar-refractivity contribution in [2.45, 2.75) is 167 Å². The van der Waals surface area contributed by atoms with Gasteiger partial charge in [-0.15, -0.1) is 5.54 Å². The van der Waals surface area contributed by atoms with E-state index >= 15 is 0 Å². The summed E-state index contributed by atoms with van der Waals surface area (Å²) in [6, 6.07) is 26.2. The maximum absolute atomic E-state index is 14.9. The first-order valence-corrected chi connectivity index (χ1v) is 32.1. The van der Waals surface area contributed by atoms with Crippen molar-refractivity contribution >= 4 is 42.1 Å². The van der Waals surface area contributed by atoms with Crippen molar-refractivity contribution in [2.75, 3.05) is 18.1 Å². The predicted octanol–water partition coefficient (Wildman–Crippen LogP) is 14.5. The summed E-state index contributed by atoms with van der Waals surface area (Å²) in [6.45, 7) is 43.4. The molecule has 0 bridgehead atoms. The lowest BCUT2D eigenvalue weighted by Crippen LogP contribution is -2.54. The van der Waals surface area contributed by atoms with Gasteiger partial charge >= 0.3 is 6.09 Å². The second-order valence-electron chi connectivity index (χ2n) is 22.7. The first-order chi connectivity index (χ1) is 30.3. The third kappa shape index (κ3) is 9.32. The molecule has 0 unspecified atom stereocenters. The highest BCUT2D eigenvalue weighted by Crippen LogP contribution is 2.58. The Morgan fingerprint density at radius 3 is 1.82 bits per heavy atom. The number of fused-ring (bicyclic) bond motifs is 3. The van der Waals surface area contributed by atoms with Crippen LogP contribution < -0.4 is 9.33 Å². The molecule has 10 heteroatoms. The average Bonchev–Trinajstić information content (AvgIpc) is 3.64. The van der Waals surface area contributed by atoms with E-state index in [9.17, 15) is 4.79 Å². The Balaban J connectivity index is 1.72. The van der Waals surface area contributed by atoms with Gasteiger partial charge in [0.2, 0.25) is 14.1 Å². The Labute approximate surface area is 396 Å². The number of hydrogen-bond donors (Lipinski definition) is 0. The van der Waals surface area contributed by atoms with E-state index in [0.29, 0.717) is 23.2 Å². The standard InChI is InChI=1S/C55H79NO6Si3/c1-19-33-58-52(57)56-46-31-30-43(62-64(17,18)54(12,13)14)35-44(46)49-45(36-59-63(15,16)53(9,10)11)51-50(40(8)48(49)47(56)32-34-65(37(2)3,38(4)5)39(6)7)60-55(61-51,41-26-22-20-23-27-41)42-28-24-21-25-29-42/h19-31,35,37-40,45,47,50-51H,1,33,36H2,2-18H3/t40-,45+,47+,50+,51-/m1/s1. The Hall–Kier alpha value is -3.70. The first kappa shape index (κ1) is 50.7. The van der Waals surface area contributed by atoms with Crippen LogP contribution in [0.25, 0.3) is 5.57 Å². The van der Waals surface area contributed by atoms with Crippen molar-refractivity contribution in [3.05, 3.63) is 114 Å². The molecule has 1 aliphatic carbocycles. The van der Waals surface area contributed by atoms with Crippen molar-refractivity contribution in [1.29, 1.82) is 0 Å². The van der Waals surface area contributed by atoms with Gasteiger partial charge in [-0.2, -0.15) is 0 Å². The van der Waals surface area contributed by atoms with Crippen molar-refractivity contribution in [3.63, 3.8) is 0 Å². The fourth-order valence-corrected chi connectivity index (χ4v) is 17.4. The van der Waals surface area contributed by atoms with Gasteiger partial charge in [0, 0.05) is 35.1 Å². The molecule has 0 radical (unpaired) electrons. The summed E-state index contributed by atoms with van der Waals surface area (Å²) in [5.41, 5.74) is 10.9. The summed E-state index contributed by atoms with van der Waals surface area (Å²) < 4.78 is 35.7. The number of carbonyl (C=O) groups excluding carboxylic acids is 1. The molecule has 0 spiro atoms. The second kappa shape index (κ2) is 18.8.